The lowest BCUT2D eigenvalue weighted by molar-refractivity contribution is 1.69. The van der Waals surface area contributed by atoms with Crippen LogP contribution in [0.3, 0.4) is 0 Å². The molecule has 118 valence electrons. The molecule has 0 saturated carbocycles. The van der Waals surface area contributed by atoms with Crippen LogP contribution in [0.4, 0.5) is 0 Å². The van der Waals surface area contributed by atoms with Gasteiger partial charge in [-0.1, -0.05) is 66.1 Å². The molecule has 3 aromatic rings. The Morgan fingerprint density at radius 2 is 0.960 bits per heavy atom. The SMILES string of the molecule is C1=C=CC([P+](c2ccccc2)(c2ccccc2)c2ccccc2)=CC=1. The number of benzene rings is 3. The lowest BCUT2D eigenvalue weighted by Gasteiger charge is -2.28. The number of rotatable bonds is 4. The highest BCUT2D eigenvalue weighted by Crippen LogP contribution is 2.62. The van der Waals surface area contributed by atoms with Gasteiger partial charge in [0.1, 0.15) is 28.5 Å². The molecular formula is C24H18P+. The van der Waals surface area contributed by atoms with E-state index in [0.29, 0.717) is 0 Å². The molecule has 1 aliphatic carbocycles. The summed E-state index contributed by atoms with van der Waals surface area (Å²) in [5, 5.41) is 5.36. The van der Waals surface area contributed by atoms with Gasteiger partial charge in [-0.15, -0.1) is 0 Å². The molecule has 0 heterocycles. The average molecular weight is 337 g/mol. The molecule has 0 saturated heterocycles. The second kappa shape index (κ2) is 6.94. The fraction of sp³-hybridized carbons (Fsp3) is 0. The van der Waals surface area contributed by atoms with Gasteiger partial charge in [0.2, 0.25) is 0 Å². The zero-order valence-electron chi connectivity index (χ0n) is 13.8. The zero-order chi connectivity index (χ0) is 17.0. The first-order chi connectivity index (χ1) is 12.4. The van der Waals surface area contributed by atoms with Crippen molar-refractivity contribution in [2.75, 3.05) is 0 Å². The van der Waals surface area contributed by atoms with Crippen molar-refractivity contribution < 1.29 is 0 Å². The summed E-state index contributed by atoms with van der Waals surface area (Å²) in [5.74, 6) is 0. The first kappa shape index (κ1) is 15.6. The van der Waals surface area contributed by atoms with Gasteiger partial charge in [0.15, 0.2) is 0 Å². The number of hydrogen-bond acceptors (Lipinski definition) is 0. The topological polar surface area (TPSA) is 0 Å². The molecule has 0 N–H and O–H groups in total. The molecule has 0 aromatic heterocycles. The first-order valence-electron chi connectivity index (χ1n) is 8.36. The van der Waals surface area contributed by atoms with E-state index < -0.39 is 7.26 Å². The lowest BCUT2D eigenvalue weighted by atomic mass is 10.3. The third kappa shape index (κ3) is 2.74. The largest absolute Gasteiger partial charge is 0.145 e. The molecule has 3 aromatic carbocycles. The molecule has 0 aliphatic heterocycles. The highest BCUT2D eigenvalue weighted by atomic mass is 31.2. The summed E-state index contributed by atoms with van der Waals surface area (Å²) in [6, 6.07) is 32.6. The van der Waals surface area contributed by atoms with Crippen LogP contribution in [0.1, 0.15) is 0 Å². The molecule has 25 heavy (non-hydrogen) atoms. The summed E-state index contributed by atoms with van der Waals surface area (Å²) in [4.78, 5) is 0. The van der Waals surface area contributed by atoms with Crippen molar-refractivity contribution in [3.63, 3.8) is 0 Å². The highest BCUT2D eigenvalue weighted by Gasteiger charge is 2.48. The van der Waals surface area contributed by atoms with Gasteiger partial charge < -0.3 is 0 Å². The van der Waals surface area contributed by atoms with Crippen LogP contribution in [0.25, 0.3) is 0 Å². The third-order valence-electron chi connectivity index (χ3n) is 4.46. The molecule has 1 heteroatoms. The van der Waals surface area contributed by atoms with Crippen LogP contribution < -0.4 is 15.9 Å². The molecule has 0 atom stereocenters. The number of allylic oxidation sites excluding steroid dienone is 4. The molecule has 0 radical (unpaired) electrons. The Balaban J connectivity index is 2.11. The smallest absolute Gasteiger partial charge is 0.0699 e. The fourth-order valence-electron chi connectivity index (χ4n) is 3.40. The van der Waals surface area contributed by atoms with Crippen LogP contribution in [0.5, 0.6) is 0 Å². The minimum atomic E-state index is -1.96. The molecule has 0 bridgehead atoms. The quantitative estimate of drug-likeness (QED) is 0.476. The van der Waals surface area contributed by atoms with Gasteiger partial charge in [0.25, 0.3) is 0 Å². The minimum absolute atomic E-state index is 1.30. The van der Waals surface area contributed by atoms with Crippen LogP contribution >= 0.6 is 7.26 Å². The van der Waals surface area contributed by atoms with Gasteiger partial charge >= 0.3 is 0 Å². The molecule has 0 nitrogen and oxygen atoms in total. The van der Waals surface area contributed by atoms with E-state index in [-0.39, 0.29) is 0 Å². The normalized spacial score (nSPS) is 12.9. The minimum Gasteiger partial charge on any atom is -0.0699 e. The van der Waals surface area contributed by atoms with E-state index in [2.05, 4.69) is 115 Å². The molecular weight excluding hydrogens is 319 g/mol. The summed E-state index contributed by atoms with van der Waals surface area (Å²) < 4.78 is 0. The van der Waals surface area contributed by atoms with E-state index in [4.69, 9.17) is 0 Å². The standard InChI is InChI=1S/C24H18P/c1-5-13-21(14-6-1)25(22-15-7-2-8-16-22,23-17-9-3-10-18-23)24-19-11-4-12-20-24/h1-3,5-11,13-20H/q+1. The van der Waals surface area contributed by atoms with Gasteiger partial charge in [-0.3, -0.25) is 0 Å². The van der Waals surface area contributed by atoms with Gasteiger partial charge in [0, 0.05) is 6.08 Å². The molecule has 0 spiro atoms. The van der Waals surface area contributed by atoms with Crippen LogP contribution in [0, 0.1) is 0 Å². The van der Waals surface area contributed by atoms with Crippen molar-refractivity contribution in [1.82, 2.24) is 0 Å². The van der Waals surface area contributed by atoms with E-state index in [1.165, 1.54) is 21.2 Å². The van der Waals surface area contributed by atoms with Crippen LogP contribution in [0.2, 0.25) is 0 Å². The Kier molecular flexibility index (Phi) is 4.34. The summed E-state index contributed by atoms with van der Waals surface area (Å²) in [5.41, 5.74) is 6.23. The Hall–Kier alpha value is -2.87. The van der Waals surface area contributed by atoms with Crippen molar-refractivity contribution in [3.8, 4) is 0 Å². The zero-order valence-corrected chi connectivity index (χ0v) is 14.7. The van der Waals surface area contributed by atoms with E-state index in [1.807, 2.05) is 6.08 Å². The van der Waals surface area contributed by atoms with Crippen molar-refractivity contribution in [1.29, 1.82) is 0 Å². The first-order valence-corrected chi connectivity index (χ1v) is 10.2. The fourth-order valence-corrected chi connectivity index (χ4v) is 7.60. The van der Waals surface area contributed by atoms with E-state index in [1.54, 1.807) is 0 Å². The third-order valence-corrected chi connectivity index (χ3v) is 8.73. The van der Waals surface area contributed by atoms with Gasteiger partial charge in [-0.2, -0.15) is 0 Å². The Morgan fingerprint density at radius 1 is 0.520 bits per heavy atom. The van der Waals surface area contributed by atoms with Gasteiger partial charge in [0.05, 0.1) is 0 Å². The molecule has 1 aliphatic rings. The average Bonchev–Trinajstić information content (AvgIpc) is 2.72. The van der Waals surface area contributed by atoms with Crippen molar-refractivity contribution in [3.05, 3.63) is 126 Å². The van der Waals surface area contributed by atoms with Crippen molar-refractivity contribution in [2.45, 2.75) is 0 Å². The lowest BCUT2D eigenvalue weighted by Crippen LogP contribution is -2.32. The molecule has 0 amide bonds. The predicted molar refractivity (Wildman–Crippen MR) is 109 cm³/mol. The Bertz CT molecular complexity index is 889. The Morgan fingerprint density at radius 3 is 1.32 bits per heavy atom. The van der Waals surface area contributed by atoms with Crippen LogP contribution in [-0.4, -0.2) is 0 Å². The van der Waals surface area contributed by atoms with E-state index in [0.717, 1.165) is 0 Å². The predicted octanol–water partition coefficient (Wildman–Crippen LogP) is 4.74. The van der Waals surface area contributed by atoms with Crippen molar-refractivity contribution in [2.24, 2.45) is 0 Å². The highest BCUT2D eigenvalue weighted by molar-refractivity contribution is 7.99. The molecule has 0 fully saturated rings. The maximum absolute atomic E-state index is 3.18. The number of hydrogen-bond donors (Lipinski definition) is 0. The van der Waals surface area contributed by atoms with E-state index in [9.17, 15) is 0 Å². The van der Waals surface area contributed by atoms with Crippen molar-refractivity contribution >= 4 is 23.2 Å². The summed E-state index contributed by atoms with van der Waals surface area (Å²) in [6.45, 7) is 0. The van der Waals surface area contributed by atoms with Gasteiger partial charge in [-0.25, -0.2) is 0 Å². The monoisotopic (exact) mass is 337 g/mol. The molecule has 4 rings (SSSR count). The second-order valence-corrected chi connectivity index (χ2v) is 9.28. The molecule has 0 unspecified atom stereocenters. The summed E-state index contributed by atoms with van der Waals surface area (Å²) >= 11 is 0. The maximum atomic E-state index is 3.18. The Labute approximate surface area is 149 Å². The maximum Gasteiger partial charge on any atom is 0.145 e. The summed E-state index contributed by atoms with van der Waals surface area (Å²) in [7, 11) is -1.96. The van der Waals surface area contributed by atoms with Crippen LogP contribution in [-0.2, 0) is 0 Å². The van der Waals surface area contributed by atoms with E-state index >= 15 is 0 Å². The van der Waals surface area contributed by atoms with Crippen LogP contribution in [0.15, 0.2) is 126 Å². The summed E-state index contributed by atoms with van der Waals surface area (Å²) in [6.07, 6.45) is 6.26. The second-order valence-electron chi connectivity index (χ2n) is 5.87. The van der Waals surface area contributed by atoms with Gasteiger partial charge in [-0.05, 0) is 48.6 Å².